The third-order valence-corrected chi connectivity index (χ3v) is 4.83. The van der Waals surface area contributed by atoms with Gasteiger partial charge < -0.3 is 15.5 Å². The van der Waals surface area contributed by atoms with Crippen LogP contribution in [0.5, 0.6) is 0 Å². The second-order valence-corrected chi connectivity index (χ2v) is 7.72. The minimum atomic E-state index is 0. The number of nitrogens with one attached hydrogen (secondary N) is 2. The van der Waals surface area contributed by atoms with Gasteiger partial charge in [0.05, 0.1) is 0 Å². The van der Waals surface area contributed by atoms with Crippen LogP contribution in [0.1, 0.15) is 27.9 Å². The van der Waals surface area contributed by atoms with Crippen LogP contribution in [0.25, 0.3) is 0 Å². The first kappa shape index (κ1) is 25.4. The minimum absolute atomic E-state index is 0. The Kier molecular flexibility index (Phi) is 11.9. The lowest BCUT2D eigenvalue weighted by atomic mass is 10.1. The van der Waals surface area contributed by atoms with Crippen molar-refractivity contribution < 1.29 is 4.79 Å². The summed E-state index contributed by atoms with van der Waals surface area (Å²) >= 11 is 3.51. The number of halogens is 2. The third kappa shape index (κ3) is 9.16. The number of hydrogen-bond acceptors (Lipinski definition) is 2. The Morgan fingerprint density at radius 1 is 1.00 bits per heavy atom. The van der Waals surface area contributed by atoms with E-state index in [0.29, 0.717) is 0 Å². The van der Waals surface area contributed by atoms with E-state index in [0.717, 1.165) is 53.9 Å². The number of amides is 1. The topological polar surface area (TPSA) is 56.7 Å². The van der Waals surface area contributed by atoms with Gasteiger partial charge in [0.25, 0.3) is 5.91 Å². The van der Waals surface area contributed by atoms with Gasteiger partial charge in [-0.15, -0.1) is 24.0 Å². The molecular weight excluding hydrogens is 543 g/mol. The van der Waals surface area contributed by atoms with Crippen molar-refractivity contribution in [1.29, 1.82) is 0 Å². The van der Waals surface area contributed by atoms with Crippen LogP contribution < -0.4 is 10.6 Å². The summed E-state index contributed by atoms with van der Waals surface area (Å²) < 4.78 is 1.12. The Morgan fingerprint density at radius 2 is 1.66 bits per heavy atom. The Morgan fingerprint density at radius 3 is 2.31 bits per heavy atom. The normalized spacial score (nSPS) is 10.8. The fourth-order valence-corrected chi connectivity index (χ4v) is 3.30. The molecule has 0 aliphatic heterocycles. The maximum atomic E-state index is 12.1. The van der Waals surface area contributed by atoms with Gasteiger partial charge in [-0.1, -0.05) is 40.2 Å². The van der Waals surface area contributed by atoms with Gasteiger partial charge in [-0.3, -0.25) is 9.79 Å². The van der Waals surface area contributed by atoms with Crippen LogP contribution in [-0.4, -0.2) is 51.0 Å². The number of benzene rings is 2. The van der Waals surface area contributed by atoms with Crippen molar-refractivity contribution in [2.75, 3.05) is 34.2 Å². The highest BCUT2D eigenvalue weighted by Crippen LogP contribution is 2.12. The maximum Gasteiger partial charge on any atom is 0.253 e. The van der Waals surface area contributed by atoms with E-state index in [9.17, 15) is 4.79 Å². The lowest BCUT2D eigenvalue weighted by Crippen LogP contribution is -2.38. The molecule has 5 nitrogen and oxygen atoms in total. The van der Waals surface area contributed by atoms with Crippen molar-refractivity contribution in [2.45, 2.75) is 19.3 Å². The van der Waals surface area contributed by atoms with Gasteiger partial charge in [0, 0.05) is 44.3 Å². The molecule has 2 aromatic rings. The molecule has 158 valence electrons. The Hall–Kier alpha value is -1.61. The van der Waals surface area contributed by atoms with Crippen LogP contribution in [-0.2, 0) is 12.8 Å². The average Bonchev–Trinajstić information content (AvgIpc) is 2.69. The molecule has 1 amide bonds. The molecule has 0 radical (unpaired) electrons. The predicted octanol–water partition coefficient (Wildman–Crippen LogP) is 4.11. The third-order valence-electron chi connectivity index (χ3n) is 4.33. The first-order chi connectivity index (χ1) is 13.5. The lowest BCUT2D eigenvalue weighted by molar-refractivity contribution is 0.0827. The smallest absolute Gasteiger partial charge is 0.253 e. The molecule has 0 bridgehead atoms. The zero-order chi connectivity index (χ0) is 20.4. The molecule has 29 heavy (non-hydrogen) atoms. The summed E-state index contributed by atoms with van der Waals surface area (Å²) in [6.07, 6.45) is 2.88. The lowest BCUT2D eigenvalue weighted by Gasteiger charge is -2.13. The van der Waals surface area contributed by atoms with E-state index in [1.807, 2.05) is 30.3 Å². The Labute approximate surface area is 199 Å². The van der Waals surface area contributed by atoms with E-state index in [2.05, 4.69) is 49.8 Å². The van der Waals surface area contributed by atoms with E-state index in [-0.39, 0.29) is 29.9 Å². The molecule has 0 aliphatic carbocycles. The van der Waals surface area contributed by atoms with E-state index < -0.39 is 0 Å². The number of aryl methyl sites for hydroxylation is 1. The zero-order valence-corrected chi connectivity index (χ0v) is 21.2. The number of aliphatic imine (C=N–C) groups is 1. The van der Waals surface area contributed by atoms with Crippen molar-refractivity contribution in [3.05, 3.63) is 69.7 Å². The van der Waals surface area contributed by atoms with E-state index in [1.54, 1.807) is 26.0 Å². The molecule has 7 heteroatoms. The number of carbonyl (C=O) groups is 1. The van der Waals surface area contributed by atoms with Crippen LogP contribution in [0.2, 0.25) is 0 Å². The standard InChI is InChI=1S/C22H29BrN4O.HI/c1-24-22(25-13-6-9-17-8-5-11-20(23)16-17)26-14-12-18-7-4-10-19(15-18)21(28)27(2)3;/h4-5,7-8,10-11,15-16H,6,9,12-14H2,1-3H3,(H2,24,25,26);1H. The molecule has 0 aliphatic rings. The zero-order valence-electron chi connectivity index (χ0n) is 17.2. The number of nitrogens with zero attached hydrogens (tertiary/aromatic N) is 2. The van der Waals surface area contributed by atoms with Gasteiger partial charge in [-0.2, -0.15) is 0 Å². The molecule has 0 aromatic heterocycles. The fourth-order valence-electron chi connectivity index (χ4n) is 2.86. The molecule has 0 atom stereocenters. The van der Waals surface area contributed by atoms with Gasteiger partial charge in [0.1, 0.15) is 0 Å². The molecular formula is C22H30BrIN4O. The van der Waals surface area contributed by atoms with Crippen LogP contribution in [0.15, 0.2) is 58.0 Å². The summed E-state index contributed by atoms with van der Waals surface area (Å²) in [5.74, 6) is 0.826. The quantitative estimate of drug-likeness (QED) is 0.217. The first-order valence-corrected chi connectivity index (χ1v) is 10.3. The highest BCUT2D eigenvalue weighted by molar-refractivity contribution is 14.0. The molecule has 0 unspecified atom stereocenters. The summed E-state index contributed by atoms with van der Waals surface area (Å²) in [6.45, 7) is 1.62. The highest BCUT2D eigenvalue weighted by Gasteiger charge is 2.08. The fraction of sp³-hybridized carbons (Fsp3) is 0.364. The van der Waals surface area contributed by atoms with Crippen LogP contribution in [0.3, 0.4) is 0 Å². The molecule has 2 aromatic carbocycles. The van der Waals surface area contributed by atoms with Crippen molar-refractivity contribution in [3.8, 4) is 0 Å². The molecule has 0 heterocycles. The summed E-state index contributed by atoms with van der Waals surface area (Å²) in [6, 6.07) is 16.2. The van der Waals surface area contributed by atoms with Gasteiger partial charge in [-0.25, -0.2) is 0 Å². The number of rotatable bonds is 8. The molecule has 0 saturated heterocycles. The van der Waals surface area contributed by atoms with Crippen molar-refractivity contribution in [2.24, 2.45) is 4.99 Å². The Balaban J connectivity index is 0.00000420. The summed E-state index contributed by atoms with van der Waals surface area (Å²) in [4.78, 5) is 17.9. The van der Waals surface area contributed by atoms with Gasteiger partial charge >= 0.3 is 0 Å². The average molecular weight is 573 g/mol. The van der Waals surface area contributed by atoms with Crippen LogP contribution in [0.4, 0.5) is 0 Å². The van der Waals surface area contributed by atoms with Crippen molar-refractivity contribution in [3.63, 3.8) is 0 Å². The second-order valence-electron chi connectivity index (χ2n) is 6.81. The van der Waals surface area contributed by atoms with Gasteiger partial charge in [0.15, 0.2) is 5.96 Å². The molecule has 0 fully saturated rings. The van der Waals surface area contributed by atoms with Gasteiger partial charge in [0.2, 0.25) is 0 Å². The maximum absolute atomic E-state index is 12.1. The molecule has 0 spiro atoms. The van der Waals surface area contributed by atoms with Crippen molar-refractivity contribution in [1.82, 2.24) is 15.5 Å². The Bertz CT molecular complexity index is 811. The van der Waals surface area contributed by atoms with Gasteiger partial charge in [-0.05, 0) is 54.7 Å². The minimum Gasteiger partial charge on any atom is -0.356 e. The molecule has 0 saturated carbocycles. The number of hydrogen-bond donors (Lipinski definition) is 2. The summed E-state index contributed by atoms with van der Waals surface area (Å²) in [5, 5.41) is 6.68. The predicted molar refractivity (Wildman–Crippen MR) is 135 cm³/mol. The largest absolute Gasteiger partial charge is 0.356 e. The SMILES string of the molecule is CN=C(NCCCc1cccc(Br)c1)NCCc1cccc(C(=O)N(C)C)c1.I. The van der Waals surface area contributed by atoms with Crippen LogP contribution in [0, 0.1) is 0 Å². The number of guanidine groups is 1. The molecule has 2 rings (SSSR count). The summed E-state index contributed by atoms with van der Waals surface area (Å²) in [7, 11) is 5.31. The van der Waals surface area contributed by atoms with Crippen LogP contribution >= 0.6 is 39.9 Å². The van der Waals surface area contributed by atoms with E-state index in [1.165, 1.54) is 5.56 Å². The monoisotopic (exact) mass is 572 g/mol. The molecule has 2 N–H and O–H groups in total. The summed E-state index contributed by atoms with van der Waals surface area (Å²) in [5.41, 5.74) is 3.18. The second kappa shape index (κ2) is 13.6. The highest BCUT2D eigenvalue weighted by atomic mass is 127. The van der Waals surface area contributed by atoms with E-state index in [4.69, 9.17) is 0 Å². The van der Waals surface area contributed by atoms with Crippen molar-refractivity contribution >= 4 is 51.8 Å². The van der Waals surface area contributed by atoms with E-state index >= 15 is 0 Å². The number of carbonyl (C=O) groups excluding carboxylic acids is 1. The first-order valence-electron chi connectivity index (χ1n) is 9.49.